The summed E-state index contributed by atoms with van der Waals surface area (Å²) < 4.78 is 3.49. The summed E-state index contributed by atoms with van der Waals surface area (Å²) in [6.45, 7) is 2.54. The highest BCUT2D eigenvalue weighted by Crippen LogP contribution is 2.24. The number of hydrogen-bond acceptors (Lipinski definition) is 4. The van der Waals surface area contributed by atoms with Crippen molar-refractivity contribution in [3.63, 3.8) is 0 Å². The maximum absolute atomic E-state index is 11.8. The van der Waals surface area contributed by atoms with Gasteiger partial charge in [-0.25, -0.2) is 4.68 Å². The molecule has 0 bridgehead atoms. The van der Waals surface area contributed by atoms with Gasteiger partial charge < -0.3 is 5.32 Å². The molecule has 1 aliphatic rings. The SMILES string of the molecule is C[C@@H](Cn1cc(-c2ccnn2C)nn1)NC(=O)C=C1CCC1. The summed E-state index contributed by atoms with van der Waals surface area (Å²) in [6.07, 6.45) is 8.62. The first kappa shape index (κ1) is 14.5. The molecule has 1 aliphatic carbocycles. The van der Waals surface area contributed by atoms with Gasteiger partial charge in [0.05, 0.1) is 18.4 Å². The Hall–Kier alpha value is -2.44. The Morgan fingerprint density at radius 2 is 2.32 bits per heavy atom. The van der Waals surface area contributed by atoms with Gasteiger partial charge in [0, 0.05) is 25.4 Å². The van der Waals surface area contributed by atoms with Gasteiger partial charge in [-0.05, 0) is 32.3 Å². The Bertz CT molecular complexity index is 692. The maximum atomic E-state index is 11.8. The molecule has 0 unspecified atom stereocenters. The number of hydrogen-bond donors (Lipinski definition) is 1. The molecular formula is C15H20N6O. The van der Waals surface area contributed by atoms with Crippen molar-refractivity contribution >= 4 is 5.91 Å². The smallest absolute Gasteiger partial charge is 0.244 e. The molecule has 2 heterocycles. The summed E-state index contributed by atoms with van der Waals surface area (Å²) in [5.41, 5.74) is 2.93. The van der Waals surface area contributed by atoms with Crippen molar-refractivity contribution in [3.8, 4) is 11.4 Å². The van der Waals surface area contributed by atoms with Crippen molar-refractivity contribution in [2.75, 3.05) is 0 Å². The number of nitrogens with one attached hydrogen (secondary N) is 1. The second kappa shape index (κ2) is 6.13. The van der Waals surface area contributed by atoms with Crippen LogP contribution in [0, 0.1) is 0 Å². The minimum atomic E-state index is -0.0193. The largest absolute Gasteiger partial charge is 0.348 e. The third-order valence-corrected chi connectivity index (χ3v) is 3.80. The number of rotatable bonds is 5. The van der Waals surface area contributed by atoms with E-state index in [1.54, 1.807) is 21.6 Å². The molecule has 1 fully saturated rings. The van der Waals surface area contributed by atoms with Crippen molar-refractivity contribution in [2.45, 2.75) is 38.8 Å². The van der Waals surface area contributed by atoms with Crippen LogP contribution in [0.3, 0.4) is 0 Å². The molecule has 1 N–H and O–H groups in total. The predicted molar refractivity (Wildman–Crippen MR) is 81.8 cm³/mol. The van der Waals surface area contributed by atoms with Gasteiger partial charge in [-0.1, -0.05) is 10.8 Å². The monoisotopic (exact) mass is 300 g/mol. The summed E-state index contributed by atoms with van der Waals surface area (Å²) in [7, 11) is 1.87. The van der Waals surface area contributed by atoms with E-state index in [4.69, 9.17) is 0 Å². The first-order chi connectivity index (χ1) is 10.6. The van der Waals surface area contributed by atoms with Crippen LogP contribution in [0.2, 0.25) is 0 Å². The number of nitrogens with zero attached hydrogens (tertiary/aromatic N) is 5. The molecule has 1 saturated carbocycles. The van der Waals surface area contributed by atoms with E-state index in [1.165, 1.54) is 12.0 Å². The first-order valence-electron chi connectivity index (χ1n) is 7.50. The molecule has 2 aromatic rings. The molecule has 0 saturated heterocycles. The molecule has 0 aliphatic heterocycles. The first-order valence-corrected chi connectivity index (χ1v) is 7.50. The summed E-state index contributed by atoms with van der Waals surface area (Å²) in [5.74, 6) is -0.0193. The average Bonchev–Trinajstić information content (AvgIpc) is 3.02. The molecule has 7 nitrogen and oxygen atoms in total. The highest BCUT2D eigenvalue weighted by molar-refractivity contribution is 5.88. The van der Waals surface area contributed by atoms with E-state index < -0.39 is 0 Å². The Labute approximate surface area is 129 Å². The van der Waals surface area contributed by atoms with E-state index in [2.05, 4.69) is 20.7 Å². The maximum Gasteiger partial charge on any atom is 0.244 e. The standard InChI is InChI=1S/C15H20N6O/c1-11(17-15(22)8-12-4-3-5-12)9-21-10-13(18-19-21)14-6-7-16-20(14)2/h6-8,10-11H,3-5,9H2,1-2H3,(H,17,22)/t11-/m0/s1. The van der Waals surface area contributed by atoms with Crippen LogP contribution in [-0.4, -0.2) is 36.7 Å². The zero-order valence-electron chi connectivity index (χ0n) is 12.9. The average molecular weight is 300 g/mol. The van der Waals surface area contributed by atoms with Crippen LogP contribution in [-0.2, 0) is 18.4 Å². The molecule has 0 aromatic carbocycles. The van der Waals surface area contributed by atoms with Gasteiger partial charge in [-0.3, -0.25) is 9.48 Å². The zero-order valence-corrected chi connectivity index (χ0v) is 12.9. The number of amides is 1. The van der Waals surface area contributed by atoms with Crippen LogP contribution < -0.4 is 5.32 Å². The summed E-state index contributed by atoms with van der Waals surface area (Å²) in [4.78, 5) is 11.8. The fourth-order valence-electron chi connectivity index (χ4n) is 2.45. The van der Waals surface area contributed by atoms with Crippen molar-refractivity contribution in [3.05, 3.63) is 30.1 Å². The Kier molecular flexibility index (Phi) is 4.04. The van der Waals surface area contributed by atoms with E-state index in [0.717, 1.165) is 24.2 Å². The van der Waals surface area contributed by atoms with Crippen molar-refractivity contribution in [2.24, 2.45) is 7.05 Å². The molecule has 0 spiro atoms. The fourth-order valence-corrected chi connectivity index (χ4v) is 2.45. The van der Waals surface area contributed by atoms with Gasteiger partial charge in [-0.15, -0.1) is 5.10 Å². The third-order valence-electron chi connectivity index (χ3n) is 3.80. The molecule has 22 heavy (non-hydrogen) atoms. The van der Waals surface area contributed by atoms with E-state index in [1.807, 2.05) is 26.2 Å². The Morgan fingerprint density at radius 3 is 2.95 bits per heavy atom. The quantitative estimate of drug-likeness (QED) is 0.844. The number of carbonyl (C=O) groups is 1. The topological polar surface area (TPSA) is 77.6 Å². The molecule has 0 radical (unpaired) electrons. The number of aryl methyl sites for hydroxylation is 1. The normalized spacial score (nSPS) is 15.3. The van der Waals surface area contributed by atoms with E-state index in [-0.39, 0.29) is 11.9 Å². The number of aromatic nitrogens is 5. The lowest BCUT2D eigenvalue weighted by atomic mass is 9.92. The second-order valence-electron chi connectivity index (χ2n) is 5.73. The lowest BCUT2D eigenvalue weighted by Crippen LogP contribution is -2.35. The zero-order chi connectivity index (χ0) is 15.5. The minimum absolute atomic E-state index is 0.00878. The fraction of sp³-hybridized carbons (Fsp3) is 0.467. The van der Waals surface area contributed by atoms with Gasteiger partial charge in [0.15, 0.2) is 0 Å². The molecule has 2 aromatic heterocycles. The molecule has 1 amide bonds. The molecular weight excluding hydrogens is 280 g/mol. The lowest BCUT2D eigenvalue weighted by molar-refractivity contribution is -0.117. The van der Waals surface area contributed by atoms with Gasteiger partial charge in [0.25, 0.3) is 0 Å². The number of allylic oxidation sites excluding steroid dienone is 1. The number of carbonyl (C=O) groups excluding carboxylic acids is 1. The summed E-state index contributed by atoms with van der Waals surface area (Å²) in [5, 5.41) is 15.3. The van der Waals surface area contributed by atoms with Crippen LogP contribution in [0.1, 0.15) is 26.2 Å². The van der Waals surface area contributed by atoms with Gasteiger partial charge in [-0.2, -0.15) is 5.10 Å². The third kappa shape index (κ3) is 3.24. The molecule has 1 atom stereocenters. The summed E-state index contributed by atoms with van der Waals surface area (Å²) in [6, 6.07) is 1.88. The van der Waals surface area contributed by atoms with E-state index >= 15 is 0 Å². The highest BCUT2D eigenvalue weighted by atomic mass is 16.1. The molecule has 7 heteroatoms. The van der Waals surface area contributed by atoms with E-state index in [0.29, 0.717) is 6.54 Å². The Morgan fingerprint density at radius 1 is 1.50 bits per heavy atom. The van der Waals surface area contributed by atoms with Gasteiger partial charge >= 0.3 is 0 Å². The van der Waals surface area contributed by atoms with Crippen LogP contribution in [0.4, 0.5) is 0 Å². The molecule has 116 valence electrons. The van der Waals surface area contributed by atoms with E-state index in [9.17, 15) is 4.79 Å². The summed E-state index contributed by atoms with van der Waals surface area (Å²) >= 11 is 0. The van der Waals surface area contributed by atoms with Gasteiger partial charge in [0.2, 0.25) is 5.91 Å². The van der Waals surface area contributed by atoms with Gasteiger partial charge in [0.1, 0.15) is 5.69 Å². The minimum Gasteiger partial charge on any atom is -0.348 e. The van der Waals surface area contributed by atoms with Crippen molar-refractivity contribution < 1.29 is 4.79 Å². The van der Waals surface area contributed by atoms with Crippen LogP contribution in [0.25, 0.3) is 11.4 Å². The predicted octanol–water partition coefficient (Wildman–Crippen LogP) is 1.29. The Balaban J connectivity index is 1.58. The van der Waals surface area contributed by atoms with Crippen molar-refractivity contribution in [1.82, 2.24) is 30.1 Å². The molecule has 3 rings (SSSR count). The van der Waals surface area contributed by atoms with Crippen molar-refractivity contribution in [1.29, 1.82) is 0 Å². The highest BCUT2D eigenvalue weighted by Gasteiger charge is 2.13. The van der Waals surface area contributed by atoms with Crippen LogP contribution in [0.15, 0.2) is 30.1 Å². The lowest BCUT2D eigenvalue weighted by Gasteiger charge is -2.17. The second-order valence-corrected chi connectivity index (χ2v) is 5.73. The van der Waals surface area contributed by atoms with Crippen LogP contribution >= 0.6 is 0 Å². The van der Waals surface area contributed by atoms with Crippen LogP contribution in [0.5, 0.6) is 0 Å².